The van der Waals surface area contributed by atoms with Crippen LogP contribution in [-0.2, 0) is 12.8 Å². The van der Waals surface area contributed by atoms with Crippen LogP contribution in [-0.4, -0.2) is 9.97 Å². The van der Waals surface area contributed by atoms with Crippen LogP contribution in [0.2, 0.25) is 0 Å². The molecular formula is C22H30Br2N2. The van der Waals surface area contributed by atoms with E-state index in [4.69, 9.17) is 0 Å². The van der Waals surface area contributed by atoms with Gasteiger partial charge in [0.25, 0.3) is 0 Å². The smallest absolute Gasteiger partial charge is 0.106 e. The van der Waals surface area contributed by atoms with Gasteiger partial charge in [0.15, 0.2) is 0 Å². The summed E-state index contributed by atoms with van der Waals surface area (Å²) in [5, 5.41) is 0. The van der Waals surface area contributed by atoms with Crippen molar-refractivity contribution in [3.05, 3.63) is 44.7 Å². The lowest BCUT2D eigenvalue weighted by Crippen LogP contribution is -1.97. The zero-order chi connectivity index (χ0) is 18.8. The molecule has 2 aromatic rings. The van der Waals surface area contributed by atoms with Crippen molar-refractivity contribution in [3.8, 4) is 11.3 Å². The third-order valence-corrected chi connectivity index (χ3v) is 5.91. The van der Waals surface area contributed by atoms with Crippen molar-refractivity contribution in [3.63, 3.8) is 0 Å². The van der Waals surface area contributed by atoms with E-state index in [1.54, 1.807) is 0 Å². The van der Waals surface area contributed by atoms with Gasteiger partial charge in [-0.2, -0.15) is 0 Å². The molecule has 26 heavy (non-hydrogen) atoms. The molecule has 2 aromatic heterocycles. The molecule has 2 nitrogen and oxygen atoms in total. The van der Waals surface area contributed by atoms with Gasteiger partial charge in [0.05, 0.1) is 5.69 Å². The molecular weight excluding hydrogens is 452 g/mol. The molecule has 2 rings (SSSR count). The number of halogens is 2. The maximum atomic E-state index is 4.69. The SMILES string of the molecule is CCCCCCc1cc(-c2cnc(Br)cc2CCCCCC)ncc1Br. The lowest BCUT2D eigenvalue weighted by molar-refractivity contribution is 0.665. The second-order valence-electron chi connectivity index (χ2n) is 6.95. The highest BCUT2D eigenvalue weighted by atomic mass is 79.9. The summed E-state index contributed by atoms with van der Waals surface area (Å²) in [6.45, 7) is 4.51. The fourth-order valence-electron chi connectivity index (χ4n) is 3.21. The zero-order valence-corrected chi connectivity index (χ0v) is 19.2. The van der Waals surface area contributed by atoms with Gasteiger partial charge in [-0.25, -0.2) is 4.98 Å². The highest BCUT2D eigenvalue weighted by molar-refractivity contribution is 9.10. The molecule has 0 aliphatic carbocycles. The number of hydrogen-bond donors (Lipinski definition) is 0. The van der Waals surface area contributed by atoms with E-state index in [0.29, 0.717) is 0 Å². The van der Waals surface area contributed by atoms with Crippen LogP contribution < -0.4 is 0 Å². The highest BCUT2D eigenvalue weighted by Crippen LogP contribution is 2.29. The average Bonchev–Trinajstić information content (AvgIpc) is 2.64. The van der Waals surface area contributed by atoms with Gasteiger partial charge in [-0.1, -0.05) is 52.4 Å². The minimum atomic E-state index is 0.906. The van der Waals surface area contributed by atoms with Crippen molar-refractivity contribution in [2.75, 3.05) is 0 Å². The fraction of sp³-hybridized carbons (Fsp3) is 0.545. The minimum absolute atomic E-state index is 0.906. The van der Waals surface area contributed by atoms with E-state index >= 15 is 0 Å². The van der Waals surface area contributed by atoms with Crippen LogP contribution in [0.1, 0.15) is 76.3 Å². The average molecular weight is 482 g/mol. The van der Waals surface area contributed by atoms with Crippen LogP contribution in [0.25, 0.3) is 11.3 Å². The number of aromatic nitrogens is 2. The molecule has 0 saturated carbocycles. The monoisotopic (exact) mass is 480 g/mol. The molecule has 0 bridgehead atoms. The summed E-state index contributed by atoms with van der Waals surface area (Å²) in [5.41, 5.74) is 4.91. The van der Waals surface area contributed by atoms with Gasteiger partial charge in [-0.15, -0.1) is 0 Å². The molecule has 0 amide bonds. The fourth-order valence-corrected chi connectivity index (χ4v) is 4.00. The quantitative estimate of drug-likeness (QED) is 0.240. The Labute approximate surface area is 175 Å². The number of nitrogens with zero attached hydrogens (tertiary/aromatic N) is 2. The predicted molar refractivity (Wildman–Crippen MR) is 119 cm³/mol. The minimum Gasteiger partial charge on any atom is -0.255 e. The molecule has 2 heterocycles. The molecule has 0 spiro atoms. The summed E-state index contributed by atoms with van der Waals surface area (Å²) in [7, 11) is 0. The number of rotatable bonds is 11. The van der Waals surface area contributed by atoms with Crippen LogP contribution in [0.15, 0.2) is 33.6 Å². The number of unbranched alkanes of at least 4 members (excludes halogenated alkanes) is 6. The van der Waals surface area contributed by atoms with Crippen LogP contribution >= 0.6 is 31.9 Å². The van der Waals surface area contributed by atoms with Crippen LogP contribution in [0.3, 0.4) is 0 Å². The number of aryl methyl sites for hydroxylation is 2. The number of hydrogen-bond acceptors (Lipinski definition) is 2. The molecule has 0 radical (unpaired) electrons. The topological polar surface area (TPSA) is 25.8 Å². The van der Waals surface area contributed by atoms with Gasteiger partial charge in [-0.05, 0) is 80.8 Å². The largest absolute Gasteiger partial charge is 0.255 e. The molecule has 0 aromatic carbocycles. The van der Waals surface area contributed by atoms with Crippen molar-refractivity contribution in [1.82, 2.24) is 9.97 Å². The van der Waals surface area contributed by atoms with E-state index in [-0.39, 0.29) is 0 Å². The highest BCUT2D eigenvalue weighted by Gasteiger charge is 2.11. The Morgan fingerprint density at radius 3 is 2.04 bits per heavy atom. The van der Waals surface area contributed by atoms with E-state index in [2.05, 4.69) is 67.8 Å². The van der Waals surface area contributed by atoms with Crippen molar-refractivity contribution in [2.24, 2.45) is 0 Å². The first-order chi connectivity index (χ1) is 12.7. The molecule has 0 atom stereocenters. The second kappa shape index (κ2) is 11.9. The van der Waals surface area contributed by atoms with E-state index in [1.165, 1.54) is 68.1 Å². The summed E-state index contributed by atoms with van der Waals surface area (Å²) in [5.74, 6) is 0. The Balaban J connectivity index is 2.18. The van der Waals surface area contributed by atoms with Gasteiger partial charge < -0.3 is 0 Å². The van der Waals surface area contributed by atoms with E-state index in [1.807, 2.05) is 12.4 Å². The van der Waals surface area contributed by atoms with Crippen LogP contribution in [0, 0.1) is 0 Å². The summed E-state index contributed by atoms with van der Waals surface area (Å²) >= 11 is 7.20. The standard InChI is InChI=1S/C22H30Br2N2/c1-3-5-7-9-11-17-14-22(24)26-15-19(17)21-13-18(20(23)16-25-21)12-10-8-6-4-2/h13-16H,3-12H2,1-2H3. The Morgan fingerprint density at radius 2 is 1.38 bits per heavy atom. The van der Waals surface area contributed by atoms with E-state index < -0.39 is 0 Å². The van der Waals surface area contributed by atoms with Crippen LogP contribution in [0.5, 0.6) is 0 Å². The van der Waals surface area contributed by atoms with Crippen molar-refractivity contribution in [2.45, 2.75) is 78.1 Å². The van der Waals surface area contributed by atoms with Gasteiger partial charge in [0, 0.05) is 22.4 Å². The molecule has 0 aliphatic rings. The van der Waals surface area contributed by atoms with Gasteiger partial charge in [0.1, 0.15) is 4.60 Å². The molecule has 4 heteroatoms. The van der Waals surface area contributed by atoms with Gasteiger partial charge in [0.2, 0.25) is 0 Å². The normalized spacial score (nSPS) is 11.1. The summed E-state index contributed by atoms with van der Waals surface area (Å²) in [6.07, 6.45) is 16.3. The summed E-state index contributed by atoms with van der Waals surface area (Å²) in [4.78, 5) is 9.15. The zero-order valence-electron chi connectivity index (χ0n) is 16.0. The van der Waals surface area contributed by atoms with Crippen molar-refractivity contribution in [1.29, 1.82) is 0 Å². The van der Waals surface area contributed by atoms with Crippen molar-refractivity contribution >= 4 is 31.9 Å². The third kappa shape index (κ3) is 6.77. The summed E-state index contributed by atoms with van der Waals surface area (Å²) in [6, 6.07) is 4.41. The van der Waals surface area contributed by atoms with Gasteiger partial charge in [-0.3, -0.25) is 4.98 Å². The molecule has 0 aliphatic heterocycles. The Kier molecular flexibility index (Phi) is 9.84. The first-order valence-corrected chi connectivity index (χ1v) is 11.5. The third-order valence-electron chi connectivity index (χ3n) is 4.77. The summed E-state index contributed by atoms with van der Waals surface area (Å²) < 4.78 is 2.02. The Bertz CT molecular complexity index is 686. The Hall–Kier alpha value is -0.740. The second-order valence-corrected chi connectivity index (χ2v) is 8.61. The number of pyridine rings is 2. The molecule has 0 N–H and O–H groups in total. The predicted octanol–water partition coefficient (Wildman–Crippen LogP) is 7.91. The molecule has 0 saturated heterocycles. The molecule has 0 unspecified atom stereocenters. The van der Waals surface area contributed by atoms with E-state index in [0.717, 1.165) is 27.6 Å². The van der Waals surface area contributed by atoms with Crippen LogP contribution in [0.4, 0.5) is 0 Å². The lowest BCUT2D eigenvalue weighted by atomic mass is 9.99. The Morgan fingerprint density at radius 1 is 0.731 bits per heavy atom. The maximum absolute atomic E-state index is 4.69. The first-order valence-electron chi connectivity index (χ1n) is 9.94. The van der Waals surface area contributed by atoms with Crippen molar-refractivity contribution < 1.29 is 0 Å². The molecule has 142 valence electrons. The van der Waals surface area contributed by atoms with Gasteiger partial charge >= 0.3 is 0 Å². The lowest BCUT2D eigenvalue weighted by Gasteiger charge is -2.12. The molecule has 0 fully saturated rings. The van der Waals surface area contributed by atoms with E-state index in [9.17, 15) is 0 Å². The first kappa shape index (κ1) is 21.6. The maximum Gasteiger partial charge on any atom is 0.106 e.